The van der Waals surface area contributed by atoms with Crippen LogP contribution in [0, 0.1) is 5.92 Å². The molecule has 5 nitrogen and oxygen atoms in total. The lowest BCUT2D eigenvalue weighted by Gasteiger charge is -2.44. The summed E-state index contributed by atoms with van der Waals surface area (Å²) in [6.07, 6.45) is 3.35. The zero-order chi connectivity index (χ0) is 13.9. The maximum Gasteiger partial charge on any atom is 0.319 e. The van der Waals surface area contributed by atoms with E-state index < -0.39 is 0 Å². The van der Waals surface area contributed by atoms with Gasteiger partial charge in [0, 0.05) is 33.2 Å². The molecular formula is C14H26N2O3. The highest BCUT2D eigenvalue weighted by atomic mass is 16.5. The van der Waals surface area contributed by atoms with Gasteiger partial charge in [-0.25, -0.2) is 4.79 Å². The van der Waals surface area contributed by atoms with Crippen LogP contribution in [0.5, 0.6) is 0 Å². The number of hydrogen-bond donors (Lipinski definition) is 0. The SMILES string of the molecule is CCOC[C@@H]1CCC[C@@]12CN(C(=O)N(C)C)CCO2. The normalized spacial score (nSPS) is 30.9. The van der Waals surface area contributed by atoms with Crippen LogP contribution < -0.4 is 0 Å². The van der Waals surface area contributed by atoms with Crippen molar-refractivity contribution in [2.24, 2.45) is 5.92 Å². The monoisotopic (exact) mass is 270 g/mol. The lowest BCUT2D eigenvalue weighted by atomic mass is 9.89. The highest BCUT2D eigenvalue weighted by molar-refractivity contribution is 5.74. The second-order valence-corrected chi connectivity index (χ2v) is 5.76. The summed E-state index contributed by atoms with van der Waals surface area (Å²) in [5, 5.41) is 0. The maximum atomic E-state index is 12.1. The van der Waals surface area contributed by atoms with Crippen molar-refractivity contribution in [2.45, 2.75) is 31.8 Å². The topological polar surface area (TPSA) is 42.0 Å². The van der Waals surface area contributed by atoms with Gasteiger partial charge in [0.05, 0.1) is 25.4 Å². The van der Waals surface area contributed by atoms with Crippen molar-refractivity contribution in [2.75, 3.05) is 47.0 Å². The number of carbonyl (C=O) groups excluding carboxylic acids is 1. The van der Waals surface area contributed by atoms with Gasteiger partial charge in [0.1, 0.15) is 0 Å². The first kappa shape index (κ1) is 14.6. The van der Waals surface area contributed by atoms with Gasteiger partial charge in [-0.3, -0.25) is 0 Å². The molecule has 1 spiro atoms. The third kappa shape index (κ3) is 3.03. The van der Waals surface area contributed by atoms with Gasteiger partial charge in [-0.1, -0.05) is 6.42 Å². The summed E-state index contributed by atoms with van der Waals surface area (Å²) in [5.74, 6) is 0.421. The first-order chi connectivity index (χ1) is 9.09. The number of nitrogens with zero attached hydrogens (tertiary/aromatic N) is 2. The van der Waals surface area contributed by atoms with E-state index >= 15 is 0 Å². The average molecular weight is 270 g/mol. The molecule has 0 aromatic heterocycles. The molecule has 110 valence electrons. The van der Waals surface area contributed by atoms with Crippen molar-refractivity contribution in [1.29, 1.82) is 0 Å². The zero-order valence-corrected chi connectivity index (χ0v) is 12.4. The zero-order valence-electron chi connectivity index (χ0n) is 12.4. The molecule has 0 N–H and O–H groups in total. The molecule has 0 radical (unpaired) electrons. The quantitative estimate of drug-likeness (QED) is 0.782. The predicted molar refractivity (Wildman–Crippen MR) is 73.2 cm³/mol. The van der Waals surface area contributed by atoms with E-state index in [0.717, 1.165) is 26.1 Å². The maximum absolute atomic E-state index is 12.1. The summed E-state index contributed by atoms with van der Waals surface area (Å²) in [6, 6.07) is 0.0877. The van der Waals surface area contributed by atoms with E-state index in [2.05, 4.69) is 0 Å². The van der Waals surface area contributed by atoms with Gasteiger partial charge in [0.15, 0.2) is 0 Å². The van der Waals surface area contributed by atoms with Crippen molar-refractivity contribution >= 4 is 6.03 Å². The Hall–Kier alpha value is -0.810. The average Bonchev–Trinajstić information content (AvgIpc) is 2.77. The fourth-order valence-electron chi connectivity index (χ4n) is 3.26. The number of ether oxygens (including phenoxy) is 2. The molecule has 2 fully saturated rings. The van der Waals surface area contributed by atoms with Crippen LogP contribution in [0.4, 0.5) is 4.79 Å². The molecule has 2 atom stereocenters. The molecule has 5 heteroatoms. The Bertz CT molecular complexity index is 322. The Kier molecular flexibility index (Phi) is 4.68. The third-order valence-electron chi connectivity index (χ3n) is 4.28. The molecule has 1 heterocycles. The number of rotatable bonds is 3. The van der Waals surface area contributed by atoms with Crippen LogP contribution in [0.3, 0.4) is 0 Å². The van der Waals surface area contributed by atoms with Crippen LogP contribution in [-0.2, 0) is 9.47 Å². The van der Waals surface area contributed by atoms with Crippen LogP contribution in [0.15, 0.2) is 0 Å². The summed E-state index contributed by atoms with van der Waals surface area (Å²) in [7, 11) is 3.60. The summed E-state index contributed by atoms with van der Waals surface area (Å²) in [4.78, 5) is 15.7. The van der Waals surface area contributed by atoms with E-state index in [9.17, 15) is 4.79 Å². The Morgan fingerprint density at radius 1 is 1.53 bits per heavy atom. The molecule has 2 aliphatic rings. The second kappa shape index (κ2) is 6.09. The van der Waals surface area contributed by atoms with E-state index in [-0.39, 0.29) is 11.6 Å². The lowest BCUT2D eigenvalue weighted by molar-refractivity contribution is -0.132. The molecule has 1 aliphatic carbocycles. The smallest absolute Gasteiger partial charge is 0.319 e. The molecule has 1 saturated heterocycles. The van der Waals surface area contributed by atoms with Crippen LogP contribution >= 0.6 is 0 Å². The molecule has 19 heavy (non-hydrogen) atoms. The number of hydrogen-bond acceptors (Lipinski definition) is 3. The minimum Gasteiger partial charge on any atom is -0.381 e. The second-order valence-electron chi connectivity index (χ2n) is 5.76. The Morgan fingerprint density at radius 2 is 2.32 bits per heavy atom. The van der Waals surface area contributed by atoms with E-state index in [1.807, 2.05) is 11.8 Å². The van der Waals surface area contributed by atoms with Crippen LogP contribution in [0.1, 0.15) is 26.2 Å². The fraction of sp³-hybridized carbons (Fsp3) is 0.929. The standard InChI is InChI=1S/C14H26N2O3/c1-4-18-10-12-6-5-7-14(12)11-16(8-9-19-14)13(17)15(2)3/h12H,4-11H2,1-3H3/t12-,14+/m0/s1. The van der Waals surface area contributed by atoms with Crippen LogP contribution in [0.25, 0.3) is 0 Å². The first-order valence-electron chi connectivity index (χ1n) is 7.27. The summed E-state index contributed by atoms with van der Waals surface area (Å²) < 4.78 is 11.7. The summed E-state index contributed by atoms with van der Waals surface area (Å²) in [6.45, 7) is 5.56. The molecular weight excluding hydrogens is 244 g/mol. The molecule has 0 unspecified atom stereocenters. The number of carbonyl (C=O) groups is 1. The Labute approximate surface area is 115 Å². The van der Waals surface area contributed by atoms with Gasteiger partial charge in [-0.05, 0) is 19.8 Å². The summed E-state index contributed by atoms with van der Waals surface area (Å²) in [5.41, 5.74) is -0.168. The van der Waals surface area contributed by atoms with Gasteiger partial charge in [0.25, 0.3) is 0 Å². The molecule has 1 saturated carbocycles. The molecule has 2 amide bonds. The first-order valence-corrected chi connectivity index (χ1v) is 7.27. The van der Waals surface area contributed by atoms with Crippen molar-refractivity contribution in [3.63, 3.8) is 0 Å². The molecule has 1 aliphatic heterocycles. The highest BCUT2D eigenvalue weighted by Crippen LogP contribution is 2.41. The molecule has 0 aromatic carbocycles. The van der Waals surface area contributed by atoms with E-state index in [1.165, 1.54) is 6.42 Å². The minimum atomic E-state index is -0.168. The third-order valence-corrected chi connectivity index (χ3v) is 4.28. The van der Waals surface area contributed by atoms with Crippen molar-refractivity contribution in [3.05, 3.63) is 0 Å². The number of morpholine rings is 1. The number of urea groups is 1. The fourth-order valence-corrected chi connectivity index (χ4v) is 3.26. The van der Waals surface area contributed by atoms with E-state index in [1.54, 1.807) is 19.0 Å². The van der Waals surface area contributed by atoms with E-state index in [4.69, 9.17) is 9.47 Å². The Morgan fingerprint density at radius 3 is 3.00 bits per heavy atom. The van der Waals surface area contributed by atoms with Gasteiger partial charge < -0.3 is 19.3 Å². The molecule has 0 aromatic rings. The van der Waals surface area contributed by atoms with Crippen LogP contribution in [-0.4, -0.2) is 68.4 Å². The van der Waals surface area contributed by atoms with Crippen molar-refractivity contribution in [1.82, 2.24) is 9.80 Å². The molecule has 2 rings (SSSR count). The summed E-state index contributed by atoms with van der Waals surface area (Å²) >= 11 is 0. The van der Waals surface area contributed by atoms with Gasteiger partial charge in [-0.15, -0.1) is 0 Å². The highest BCUT2D eigenvalue weighted by Gasteiger charge is 2.47. The van der Waals surface area contributed by atoms with Crippen molar-refractivity contribution < 1.29 is 14.3 Å². The minimum absolute atomic E-state index is 0.0877. The lowest BCUT2D eigenvalue weighted by Crippen LogP contribution is -2.57. The van der Waals surface area contributed by atoms with Crippen molar-refractivity contribution in [3.8, 4) is 0 Å². The van der Waals surface area contributed by atoms with Crippen LogP contribution in [0.2, 0.25) is 0 Å². The predicted octanol–water partition coefficient (Wildman–Crippen LogP) is 1.58. The van der Waals surface area contributed by atoms with Gasteiger partial charge in [-0.2, -0.15) is 0 Å². The van der Waals surface area contributed by atoms with Gasteiger partial charge >= 0.3 is 6.03 Å². The van der Waals surface area contributed by atoms with Gasteiger partial charge in [0.2, 0.25) is 0 Å². The number of amides is 2. The largest absolute Gasteiger partial charge is 0.381 e. The molecule has 0 bridgehead atoms. The Balaban J connectivity index is 2.03. The van der Waals surface area contributed by atoms with E-state index in [0.29, 0.717) is 25.6 Å².